The van der Waals surface area contributed by atoms with E-state index in [2.05, 4.69) is 17.2 Å². The topological polar surface area (TPSA) is 54.5 Å². The number of hydrogen-bond acceptors (Lipinski definition) is 4. The molecule has 1 fully saturated rings. The fourth-order valence-corrected chi connectivity index (χ4v) is 3.33. The van der Waals surface area contributed by atoms with E-state index >= 15 is 0 Å². The van der Waals surface area contributed by atoms with Gasteiger partial charge in [0.05, 0.1) is 6.04 Å². The van der Waals surface area contributed by atoms with E-state index in [-0.39, 0.29) is 12.1 Å². The third-order valence-corrected chi connectivity index (χ3v) is 4.71. The van der Waals surface area contributed by atoms with E-state index < -0.39 is 0 Å². The molecule has 0 spiro atoms. The number of aromatic nitrogens is 1. The van der Waals surface area contributed by atoms with E-state index in [0.717, 1.165) is 48.3 Å². The van der Waals surface area contributed by atoms with Gasteiger partial charge in [0.25, 0.3) is 0 Å². The maximum Gasteiger partial charge on any atom is 0.410 e. The minimum absolute atomic E-state index is 0.0374. The molecular weight excluding hydrogens is 314 g/mol. The highest BCUT2D eigenvalue weighted by atomic mass is 16.6. The zero-order valence-corrected chi connectivity index (χ0v) is 14.9. The molecule has 0 aliphatic carbocycles. The molecule has 1 saturated heterocycles. The van der Waals surface area contributed by atoms with Crippen molar-refractivity contribution in [3.05, 3.63) is 59.3 Å². The van der Waals surface area contributed by atoms with Crippen LogP contribution in [0.4, 0.5) is 10.6 Å². The summed E-state index contributed by atoms with van der Waals surface area (Å²) in [7, 11) is 1.86. The Balaban J connectivity index is 1.73. The summed E-state index contributed by atoms with van der Waals surface area (Å²) in [5.41, 5.74) is 3.25. The fraction of sp³-hybridized carbons (Fsp3) is 0.400. The van der Waals surface area contributed by atoms with Crippen LogP contribution in [0, 0.1) is 6.92 Å². The van der Waals surface area contributed by atoms with Crippen LogP contribution in [0.2, 0.25) is 0 Å². The first kappa shape index (κ1) is 17.3. The molecule has 1 aliphatic rings. The number of hydrogen-bond donors (Lipinski definition) is 1. The van der Waals surface area contributed by atoms with Crippen LogP contribution in [0.3, 0.4) is 0 Å². The van der Waals surface area contributed by atoms with Gasteiger partial charge < -0.3 is 15.0 Å². The summed E-state index contributed by atoms with van der Waals surface area (Å²) in [6.45, 7) is 3.10. The minimum atomic E-state index is -0.245. The number of pyridine rings is 1. The molecule has 3 rings (SSSR count). The average Bonchev–Trinajstić information content (AvgIpc) is 2.67. The third-order valence-electron chi connectivity index (χ3n) is 4.71. The van der Waals surface area contributed by atoms with Gasteiger partial charge in [-0.05, 0) is 48.9 Å². The second-order valence-corrected chi connectivity index (χ2v) is 6.42. The standard InChI is InChI=1S/C20H25N3O2/c1-15-12-19(21-2)22-13-17(15)18-10-6-7-11-23(18)20(24)25-14-16-8-4-3-5-9-16/h3-5,8-9,12-13,18H,6-7,10-11,14H2,1-2H3,(H,21,22)/t18-/m1/s1. The molecule has 0 saturated carbocycles. The molecule has 5 nitrogen and oxygen atoms in total. The largest absolute Gasteiger partial charge is 0.445 e. The van der Waals surface area contributed by atoms with Gasteiger partial charge in [0.1, 0.15) is 12.4 Å². The molecule has 0 radical (unpaired) electrons. The normalized spacial score (nSPS) is 17.2. The quantitative estimate of drug-likeness (QED) is 0.902. The van der Waals surface area contributed by atoms with E-state index in [9.17, 15) is 4.79 Å². The number of benzene rings is 1. The molecule has 1 N–H and O–H groups in total. The average molecular weight is 339 g/mol. The van der Waals surface area contributed by atoms with Crippen LogP contribution < -0.4 is 5.32 Å². The molecule has 2 heterocycles. The number of likely N-dealkylation sites (tertiary alicyclic amines) is 1. The van der Waals surface area contributed by atoms with Gasteiger partial charge in [-0.2, -0.15) is 0 Å². The van der Waals surface area contributed by atoms with Crippen LogP contribution in [0.5, 0.6) is 0 Å². The van der Waals surface area contributed by atoms with Gasteiger partial charge in [0.2, 0.25) is 0 Å². The Morgan fingerprint density at radius 2 is 2.12 bits per heavy atom. The summed E-state index contributed by atoms with van der Waals surface area (Å²) < 4.78 is 5.56. The molecule has 0 unspecified atom stereocenters. The zero-order valence-electron chi connectivity index (χ0n) is 14.9. The monoisotopic (exact) mass is 339 g/mol. The summed E-state index contributed by atoms with van der Waals surface area (Å²) >= 11 is 0. The second kappa shape index (κ2) is 8.01. The molecular formula is C20H25N3O2. The summed E-state index contributed by atoms with van der Waals surface area (Å²) in [4.78, 5) is 18.9. The molecule has 2 aromatic rings. The van der Waals surface area contributed by atoms with E-state index in [1.54, 1.807) is 0 Å². The van der Waals surface area contributed by atoms with Gasteiger partial charge in [-0.1, -0.05) is 30.3 Å². The molecule has 1 atom stereocenters. The summed E-state index contributed by atoms with van der Waals surface area (Å²) in [5.74, 6) is 0.843. The van der Waals surface area contributed by atoms with Crippen molar-refractivity contribution in [2.75, 3.05) is 18.9 Å². The number of carbonyl (C=O) groups is 1. The van der Waals surface area contributed by atoms with Crippen molar-refractivity contribution in [1.82, 2.24) is 9.88 Å². The number of ether oxygens (including phenoxy) is 1. The number of carbonyl (C=O) groups excluding carboxylic acids is 1. The first-order valence-electron chi connectivity index (χ1n) is 8.80. The number of aryl methyl sites for hydroxylation is 1. The van der Waals surface area contributed by atoms with Crippen molar-refractivity contribution in [3.63, 3.8) is 0 Å². The molecule has 25 heavy (non-hydrogen) atoms. The van der Waals surface area contributed by atoms with Crippen molar-refractivity contribution < 1.29 is 9.53 Å². The fourth-order valence-electron chi connectivity index (χ4n) is 3.33. The van der Waals surface area contributed by atoms with Gasteiger partial charge in [-0.3, -0.25) is 0 Å². The van der Waals surface area contributed by atoms with E-state index in [1.165, 1.54) is 0 Å². The van der Waals surface area contributed by atoms with Crippen molar-refractivity contribution >= 4 is 11.9 Å². The maximum atomic E-state index is 12.7. The lowest BCUT2D eigenvalue weighted by Crippen LogP contribution is -2.39. The van der Waals surface area contributed by atoms with Gasteiger partial charge in [-0.25, -0.2) is 9.78 Å². The Hall–Kier alpha value is -2.56. The van der Waals surface area contributed by atoms with Crippen molar-refractivity contribution in [3.8, 4) is 0 Å². The zero-order chi connectivity index (χ0) is 17.6. The first-order chi connectivity index (χ1) is 12.2. The van der Waals surface area contributed by atoms with Crippen LogP contribution in [-0.2, 0) is 11.3 Å². The van der Waals surface area contributed by atoms with Gasteiger partial charge in [0.15, 0.2) is 0 Å². The molecule has 132 valence electrons. The Morgan fingerprint density at radius 3 is 2.84 bits per heavy atom. The predicted molar refractivity (Wildman–Crippen MR) is 98.4 cm³/mol. The Bertz CT molecular complexity index is 718. The summed E-state index contributed by atoms with van der Waals surface area (Å²) in [6, 6.07) is 11.8. The smallest absolute Gasteiger partial charge is 0.410 e. The van der Waals surface area contributed by atoms with E-state index in [1.807, 2.05) is 54.5 Å². The van der Waals surface area contributed by atoms with Crippen LogP contribution in [0.15, 0.2) is 42.6 Å². The molecule has 1 aromatic heterocycles. The van der Waals surface area contributed by atoms with Crippen molar-refractivity contribution in [2.45, 2.75) is 38.8 Å². The molecule has 0 bridgehead atoms. The Kier molecular flexibility index (Phi) is 5.53. The van der Waals surface area contributed by atoms with E-state index in [0.29, 0.717) is 6.61 Å². The highest BCUT2D eigenvalue weighted by molar-refractivity contribution is 5.68. The van der Waals surface area contributed by atoms with E-state index in [4.69, 9.17) is 4.74 Å². The van der Waals surface area contributed by atoms with Crippen LogP contribution in [-0.4, -0.2) is 29.6 Å². The Morgan fingerprint density at radius 1 is 1.32 bits per heavy atom. The summed E-state index contributed by atoms with van der Waals surface area (Å²) in [6.07, 6.45) is 4.71. The number of nitrogens with zero attached hydrogens (tertiary/aromatic N) is 2. The maximum absolute atomic E-state index is 12.7. The highest BCUT2D eigenvalue weighted by Crippen LogP contribution is 2.33. The predicted octanol–water partition coefficient (Wildman–Crippen LogP) is 4.30. The summed E-state index contributed by atoms with van der Waals surface area (Å²) in [5, 5.41) is 3.05. The lowest BCUT2D eigenvalue weighted by atomic mass is 9.94. The number of anilines is 1. The Labute approximate surface area is 149 Å². The van der Waals surface area contributed by atoms with Crippen molar-refractivity contribution in [2.24, 2.45) is 0 Å². The second-order valence-electron chi connectivity index (χ2n) is 6.42. The minimum Gasteiger partial charge on any atom is -0.445 e. The molecule has 1 aliphatic heterocycles. The third kappa shape index (κ3) is 4.10. The van der Waals surface area contributed by atoms with Crippen LogP contribution in [0.25, 0.3) is 0 Å². The molecule has 1 aromatic carbocycles. The van der Waals surface area contributed by atoms with Gasteiger partial charge >= 0.3 is 6.09 Å². The van der Waals surface area contributed by atoms with Crippen LogP contribution >= 0.6 is 0 Å². The highest BCUT2D eigenvalue weighted by Gasteiger charge is 2.30. The lowest BCUT2D eigenvalue weighted by Gasteiger charge is -2.35. The number of amides is 1. The lowest BCUT2D eigenvalue weighted by molar-refractivity contribution is 0.0677. The number of nitrogens with one attached hydrogen (secondary N) is 1. The molecule has 5 heteroatoms. The van der Waals surface area contributed by atoms with Crippen molar-refractivity contribution in [1.29, 1.82) is 0 Å². The van der Waals surface area contributed by atoms with Gasteiger partial charge in [-0.15, -0.1) is 0 Å². The SMILES string of the molecule is CNc1cc(C)c([C@H]2CCCCN2C(=O)OCc2ccccc2)cn1. The molecule has 1 amide bonds. The first-order valence-corrected chi connectivity index (χ1v) is 8.80. The number of rotatable bonds is 4. The van der Waals surface area contributed by atoms with Gasteiger partial charge in [0, 0.05) is 19.8 Å². The van der Waals surface area contributed by atoms with Crippen LogP contribution in [0.1, 0.15) is 42.0 Å². The number of piperidine rings is 1.